The number of anilines is 1. The van der Waals surface area contributed by atoms with E-state index in [4.69, 9.17) is 5.26 Å². The fourth-order valence-electron chi connectivity index (χ4n) is 2.73. The third-order valence-electron chi connectivity index (χ3n) is 4.10. The van der Waals surface area contributed by atoms with Crippen molar-refractivity contribution in [2.45, 2.75) is 24.0 Å². The van der Waals surface area contributed by atoms with Crippen LogP contribution in [0.25, 0.3) is 10.2 Å². The second-order valence-electron chi connectivity index (χ2n) is 5.96. The van der Waals surface area contributed by atoms with Crippen molar-refractivity contribution in [3.63, 3.8) is 0 Å². The van der Waals surface area contributed by atoms with Crippen LogP contribution in [0.1, 0.15) is 18.1 Å². The average Bonchev–Trinajstić information content (AvgIpc) is 3.05. The molecule has 0 aliphatic carbocycles. The van der Waals surface area contributed by atoms with Gasteiger partial charge in [0.2, 0.25) is 5.96 Å². The van der Waals surface area contributed by atoms with Gasteiger partial charge in [-0.15, -0.1) is 24.0 Å². The Morgan fingerprint density at radius 3 is 2.62 bits per heavy atom. The Labute approximate surface area is 174 Å². The van der Waals surface area contributed by atoms with E-state index >= 15 is 0 Å². The third kappa shape index (κ3) is 4.99. The molecule has 0 saturated carbocycles. The summed E-state index contributed by atoms with van der Waals surface area (Å²) < 4.78 is 39.7. The summed E-state index contributed by atoms with van der Waals surface area (Å²) in [6.07, 6.45) is -2.51. The summed E-state index contributed by atoms with van der Waals surface area (Å²) in [5.74, 6) is 0.310. The molecule has 0 aliphatic heterocycles. The highest BCUT2D eigenvalue weighted by atomic mass is 32.2. The highest BCUT2D eigenvalue weighted by Gasteiger charge is 2.29. The van der Waals surface area contributed by atoms with Crippen LogP contribution < -0.4 is 10.2 Å². The van der Waals surface area contributed by atoms with Crippen molar-refractivity contribution in [1.82, 2.24) is 10.3 Å². The largest absolute Gasteiger partial charge is 0.416 e. The molecule has 1 N–H and O–H groups in total. The molecule has 5 nitrogen and oxygen atoms in total. The topological polar surface area (TPSA) is 64.3 Å². The molecule has 1 aromatic heterocycles. The number of guanidine groups is 1. The number of thiazole rings is 1. The van der Waals surface area contributed by atoms with E-state index in [9.17, 15) is 13.2 Å². The van der Waals surface area contributed by atoms with Crippen LogP contribution in [0.5, 0.6) is 0 Å². The zero-order valence-electron chi connectivity index (χ0n) is 15.2. The van der Waals surface area contributed by atoms with Crippen molar-refractivity contribution < 1.29 is 13.2 Å². The van der Waals surface area contributed by atoms with Crippen molar-refractivity contribution in [1.29, 1.82) is 5.26 Å². The van der Waals surface area contributed by atoms with Crippen LogP contribution in [0.4, 0.5) is 18.9 Å². The predicted molar refractivity (Wildman–Crippen MR) is 111 cm³/mol. The maximum absolute atomic E-state index is 12.7. The zero-order valence-corrected chi connectivity index (χ0v) is 16.9. The lowest BCUT2D eigenvalue weighted by Crippen LogP contribution is -2.39. The minimum atomic E-state index is -4.38. The fourth-order valence-corrected chi connectivity index (χ4v) is 3.87. The summed E-state index contributed by atoms with van der Waals surface area (Å²) >= 11 is 5.71. The molecule has 0 spiro atoms. The Balaban J connectivity index is 1.86. The molecule has 0 unspecified atom stereocenters. The van der Waals surface area contributed by atoms with Gasteiger partial charge in [0.15, 0.2) is 6.19 Å². The molecule has 1 heterocycles. The number of rotatable bonds is 4. The number of fused-ring (bicyclic) bond motifs is 1. The molecule has 0 bridgehead atoms. The molecule has 0 atom stereocenters. The third-order valence-corrected chi connectivity index (χ3v) is 5.30. The van der Waals surface area contributed by atoms with Gasteiger partial charge in [-0.2, -0.15) is 18.4 Å². The summed E-state index contributed by atoms with van der Waals surface area (Å²) in [7, 11) is 0. The number of hydrogen-bond donors (Lipinski definition) is 2. The molecule has 2 aromatic carbocycles. The molecule has 0 aliphatic rings. The van der Waals surface area contributed by atoms with E-state index in [0.29, 0.717) is 22.4 Å². The van der Waals surface area contributed by atoms with E-state index in [1.165, 1.54) is 23.5 Å². The van der Waals surface area contributed by atoms with Crippen molar-refractivity contribution >= 4 is 45.8 Å². The lowest BCUT2D eigenvalue weighted by Gasteiger charge is -2.23. The standard InChI is InChI=1S/C19H16F3N5S2/c1-2-27(14-7-8-15-16(9-14)29-18(28)26-15)17(25-11-23)24-10-12-3-5-13(6-4-12)19(20,21)22/h3-9H,2,10H2,1H3,(H,24,25)(H,26,28). The second kappa shape index (κ2) is 8.71. The van der Waals surface area contributed by atoms with Crippen molar-refractivity contribution in [3.8, 4) is 6.19 Å². The molecular formula is C19H16F3N5S2. The number of alkyl halides is 3. The van der Waals surface area contributed by atoms with E-state index in [1.54, 1.807) is 0 Å². The maximum Gasteiger partial charge on any atom is 0.416 e. The number of thiol groups is 1. The number of nitrogens with zero attached hydrogens (tertiary/aromatic N) is 4. The van der Waals surface area contributed by atoms with Crippen LogP contribution in [-0.4, -0.2) is 17.5 Å². The molecular weight excluding hydrogens is 419 g/mol. The maximum atomic E-state index is 12.7. The quantitative estimate of drug-likeness (QED) is 0.198. The van der Waals surface area contributed by atoms with Crippen molar-refractivity contribution in [2.75, 3.05) is 11.4 Å². The summed E-state index contributed by atoms with van der Waals surface area (Å²) in [4.78, 5) is 10.5. The molecule has 0 saturated heterocycles. The minimum Gasteiger partial charge on any atom is -0.312 e. The minimum absolute atomic E-state index is 0.127. The Kier molecular flexibility index (Phi) is 6.30. The number of halogens is 3. The lowest BCUT2D eigenvalue weighted by molar-refractivity contribution is -0.137. The normalized spacial score (nSPS) is 12.1. The summed E-state index contributed by atoms with van der Waals surface area (Å²) in [6.45, 7) is 2.56. The van der Waals surface area contributed by atoms with Gasteiger partial charge in [0.25, 0.3) is 0 Å². The summed E-state index contributed by atoms with van der Waals surface area (Å²) in [5, 5.41) is 11.7. The molecule has 0 amide bonds. The first kappa shape index (κ1) is 21.0. The van der Waals surface area contributed by atoms with Gasteiger partial charge in [-0.3, -0.25) is 5.32 Å². The number of hydrogen-bond acceptors (Lipinski definition) is 5. The SMILES string of the molecule is CCN(/C(=N/Cc1ccc(C(F)(F)F)cc1)NC#N)c1ccc2nc(S)sc2c1. The Bertz CT molecular complexity index is 1070. The van der Waals surface area contributed by atoms with Crippen LogP contribution in [0, 0.1) is 11.5 Å². The Morgan fingerprint density at radius 1 is 1.28 bits per heavy atom. The van der Waals surface area contributed by atoms with Crippen LogP contribution in [0.3, 0.4) is 0 Å². The average molecular weight is 436 g/mol. The van der Waals surface area contributed by atoms with E-state index in [0.717, 1.165) is 28.0 Å². The van der Waals surface area contributed by atoms with Crippen LogP contribution in [0.15, 0.2) is 51.8 Å². The first-order valence-corrected chi connectivity index (χ1v) is 9.81. The number of aromatic nitrogens is 1. The van der Waals surface area contributed by atoms with Crippen LogP contribution in [0.2, 0.25) is 0 Å². The predicted octanol–water partition coefficient (Wildman–Crippen LogP) is 5.06. The number of nitrogens with one attached hydrogen (secondary N) is 1. The van der Waals surface area contributed by atoms with Gasteiger partial charge in [-0.25, -0.2) is 9.98 Å². The fraction of sp³-hybridized carbons (Fsp3) is 0.211. The first-order valence-electron chi connectivity index (χ1n) is 8.54. The van der Waals surface area contributed by atoms with Gasteiger partial charge >= 0.3 is 6.18 Å². The van der Waals surface area contributed by atoms with Crippen molar-refractivity contribution in [3.05, 3.63) is 53.6 Å². The van der Waals surface area contributed by atoms with Crippen LogP contribution >= 0.6 is 24.0 Å². The Hall–Kier alpha value is -2.77. The van der Waals surface area contributed by atoms with Gasteiger partial charge in [0.1, 0.15) is 4.34 Å². The molecule has 3 rings (SSSR count). The second-order valence-corrected chi connectivity index (χ2v) is 7.72. The number of nitriles is 1. The molecule has 150 valence electrons. The summed E-state index contributed by atoms with van der Waals surface area (Å²) in [5.41, 5.74) is 1.53. The smallest absolute Gasteiger partial charge is 0.312 e. The molecule has 0 radical (unpaired) electrons. The van der Waals surface area contributed by atoms with Gasteiger partial charge in [0, 0.05) is 12.2 Å². The van der Waals surface area contributed by atoms with Gasteiger partial charge in [0.05, 0.1) is 22.3 Å². The van der Waals surface area contributed by atoms with E-state index in [1.807, 2.05) is 36.2 Å². The van der Waals surface area contributed by atoms with E-state index in [-0.39, 0.29) is 6.54 Å². The van der Waals surface area contributed by atoms with Crippen molar-refractivity contribution in [2.24, 2.45) is 4.99 Å². The highest BCUT2D eigenvalue weighted by molar-refractivity contribution is 7.82. The van der Waals surface area contributed by atoms with Gasteiger partial charge in [-0.1, -0.05) is 12.1 Å². The zero-order chi connectivity index (χ0) is 21.0. The molecule has 3 aromatic rings. The van der Waals surface area contributed by atoms with Gasteiger partial charge in [-0.05, 0) is 42.8 Å². The van der Waals surface area contributed by atoms with Gasteiger partial charge < -0.3 is 4.90 Å². The molecule has 10 heteroatoms. The number of benzene rings is 2. The van der Waals surface area contributed by atoms with E-state index in [2.05, 4.69) is 27.9 Å². The molecule has 29 heavy (non-hydrogen) atoms. The lowest BCUT2D eigenvalue weighted by atomic mass is 10.1. The first-order chi connectivity index (χ1) is 13.8. The van der Waals surface area contributed by atoms with E-state index < -0.39 is 11.7 Å². The Morgan fingerprint density at radius 2 is 2.00 bits per heavy atom. The monoisotopic (exact) mass is 435 g/mol. The highest BCUT2D eigenvalue weighted by Crippen LogP contribution is 2.30. The van der Waals surface area contributed by atoms with Crippen LogP contribution in [-0.2, 0) is 12.7 Å². The summed E-state index contributed by atoms with van der Waals surface area (Å²) in [6, 6.07) is 10.5. The molecule has 0 fully saturated rings. The number of aliphatic imine (C=N–C) groups is 1.